The Balaban J connectivity index is 1.24. The smallest absolute Gasteiger partial charge is 0.317 e. The Morgan fingerprint density at radius 1 is 0.932 bits per heavy atom. The lowest BCUT2D eigenvalue weighted by atomic mass is 9.77. The van der Waals surface area contributed by atoms with Crippen LogP contribution in [-0.4, -0.2) is 33.6 Å². The van der Waals surface area contributed by atoms with Gasteiger partial charge in [-0.15, -0.1) is 11.3 Å². The Morgan fingerprint density at radius 3 is 2.25 bits per heavy atom. The van der Waals surface area contributed by atoms with E-state index in [0.29, 0.717) is 23.1 Å². The van der Waals surface area contributed by atoms with Gasteiger partial charge in [0.05, 0.1) is 10.7 Å². The average molecular weight is 607 g/mol. The third-order valence-corrected chi connectivity index (χ3v) is 8.97. The molecule has 3 aromatic carbocycles. The highest BCUT2D eigenvalue weighted by atomic mass is 32.1. The maximum absolute atomic E-state index is 13.3. The minimum absolute atomic E-state index is 0.206. The normalized spacial score (nSPS) is 16.3. The SMILES string of the molecule is CCCC(CCC)c1ccc(COc2ccc(-c3csc(CC4(C(C(=O)O)C(=O)c5ccccc5)C=CC=N4)n3)cc2)cc1. The highest BCUT2D eigenvalue weighted by Crippen LogP contribution is 2.36. The van der Waals surface area contributed by atoms with Gasteiger partial charge in [0.25, 0.3) is 0 Å². The van der Waals surface area contributed by atoms with Gasteiger partial charge in [0, 0.05) is 29.1 Å². The van der Waals surface area contributed by atoms with Crippen LogP contribution in [0.4, 0.5) is 0 Å². The van der Waals surface area contributed by atoms with Crippen molar-refractivity contribution in [3.63, 3.8) is 0 Å². The topological polar surface area (TPSA) is 88.9 Å². The molecule has 2 atom stereocenters. The molecule has 0 spiro atoms. The summed E-state index contributed by atoms with van der Waals surface area (Å²) in [5.41, 5.74) is 3.36. The molecule has 6 nitrogen and oxygen atoms in total. The van der Waals surface area contributed by atoms with Crippen LogP contribution in [0, 0.1) is 5.92 Å². The summed E-state index contributed by atoms with van der Waals surface area (Å²) in [6.45, 7) is 4.99. The number of Topliss-reactive ketones (excluding diaryl/α,β-unsaturated/α-hetero) is 1. The first-order chi connectivity index (χ1) is 21.4. The van der Waals surface area contributed by atoms with Gasteiger partial charge in [-0.25, -0.2) is 4.98 Å². The van der Waals surface area contributed by atoms with E-state index < -0.39 is 23.2 Å². The van der Waals surface area contributed by atoms with Gasteiger partial charge in [-0.1, -0.05) is 87.4 Å². The van der Waals surface area contributed by atoms with Crippen molar-refractivity contribution < 1.29 is 19.4 Å². The fourth-order valence-electron chi connectivity index (χ4n) is 5.85. The van der Waals surface area contributed by atoms with E-state index in [2.05, 4.69) is 43.1 Å². The van der Waals surface area contributed by atoms with Crippen LogP contribution in [0.1, 0.15) is 71.9 Å². The zero-order valence-electron chi connectivity index (χ0n) is 25.2. The molecule has 1 N–H and O–H groups in total. The summed E-state index contributed by atoms with van der Waals surface area (Å²) in [5, 5.41) is 12.8. The molecule has 1 aliphatic rings. The van der Waals surface area contributed by atoms with Crippen molar-refractivity contribution in [3.05, 3.63) is 118 Å². The summed E-state index contributed by atoms with van der Waals surface area (Å²) in [6, 6.07) is 25.1. The number of carbonyl (C=O) groups excluding carboxylic acids is 1. The molecule has 7 heteroatoms. The third kappa shape index (κ3) is 7.22. The third-order valence-electron chi connectivity index (χ3n) is 8.12. The van der Waals surface area contributed by atoms with Crippen molar-refractivity contribution in [1.82, 2.24) is 4.98 Å². The van der Waals surface area contributed by atoms with Gasteiger partial charge in [-0.3, -0.25) is 14.6 Å². The van der Waals surface area contributed by atoms with Crippen LogP contribution >= 0.6 is 11.3 Å². The Labute approximate surface area is 263 Å². The summed E-state index contributed by atoms with van der Waals surface area (Å²) in [6.07, 6.45) is 10.0. The van der Waals surface area contributed by atoms with Crippen molar-refractivity contribution in [1.29, 1.82) is 0 Å². The van der Waals surface area contributed by atoms with E-state index in [0.717, 1.165) is 22.6 Å². The molecule has 5 rings (SSSR count). The number of ketones is 1. The second-order valence-corrected chi connectivity index (χ2v) is 12.2. The lowest BCUT2D eigenvalue weighted by Gasteiger charge is -2.29. The molecule has 0 aliphatic carbocycles. The van der Waals surface area contributed by atoms with Crippen molar-refractivity contribution in [2.45, 2.75) is 64.0 Å². The van der Waals surface area contributed by atoms with Gasteiger partial charge < -0.3 is 9.84 Å². The molecule has 226 valence electrons. The molecule has 0 amide bonds. The number of thiazole rings is 1. The number of rotatable bonds is 15. The number of allylic oxidation sites excluding steroid dienone is 1. The van der Waals surface area contributed by atoms with E-state index in [1.54, 1.807) is 48.7 Å². The van der Waals surface area contributed by atoms with E-state index in [1.807, 2.05) is 29.6 Å². The second kappa shape index (κ2) is 14.4. The van der Waals surface area contributed by atoms with Crippen LogP contribution in [0.25, 0.3) is 11.3 Å². The minimum Gasteiger partial charge on any atom is -0.489 e. The number of carbonyl (C=O) groups is 2. The number of carboxylic acids is 1. The van der Waals surface area contributed by atoms with Crippen LogP contribution < -0.4 is 4.74 Å². The van der Waals surface area contributed by atoms with E-state index in [4.69, 9.17) is 9.72 Å². The molecule has 0 radical (unpaired) electrons. The summed E-state index contributed by atoms with van der Waals surface area (Å²) in [5.74, 6) is -1.64. The number of benzene rings is 3. The highest BCUT2D eigenvalue weighted by Gasteiger charge is 2.47. The Kier molecular flexibility index (Phi) is 10.2. The molecular weight excluding hydrogens is 568 g/mol. The standard InChI is InChI=1S/C37H38N2O4S/c1-3-9-27(10-4-2)28-15-13-26(14-16-28)24-43-31-19-17-29(18-20-31)32-25-44-33(39-32)23-37(21-8-22-38-37)34(36(41)42)35(40)30-11-6-5-7-12-30/h5-8,11-22,25,27,34H,3-4,9-10,23-24H2,1-2H3,(H,41,42). The number of aromatic nitrogens is 1. The van der Waals surface area contributed by atoms with Gasteiger partial charge in [-0.05, 0) is 60.2 Å². The van der Waals surface area contributed by atoms with Crippen molar-refractivity contribution in [2.75, 3.05) is 0 Å². The lowest BCUT2D eigenvalue weighted by Crippen LogP contribution is -2.45. The fourth-order valence-corrected chi connectivity index (χ4v) is 6.75. The zero-order chi connectivity index (χ0) is 30.9. The predicted molar refractivity (Wildman–Crippen MR) is 177 cm³/mol. The number of ether oxygens (including phenoxy) is 1. The van der Waals surface area contributed by atoms with E-state index in [-0.39, 0.29) is 6.42 Å². The van der Waals surface area contributed by atoms with Gasteiger partial charge >= 0.3 is 5.97 Å². The molecular formula is C37H38N2O4S. The van der Waals surface area contributed by atoms with E-state index >= 15 is 0 Å². The van der Waals surface area contributed by atoms with Crippen LogP contribution in [-0.2, 0) is 17.8 Å². The summed E-state index contributed by atoms with van der Waals surface area (Å²) >= 11 is 1.43. The first kappa shape index (κ1) is 31.1. The van der Waals surface area contributed by atoms with Crippen LogP contribution in [0.15, 0.2) is 101 Å². The second-order valence-electron chi connectivity index (χ2n) is 11.3. The zero-order valence-corrected chi connectivity index (χ0v) is 26.0. The molecule has 0 saturated heterocycles. The van der Waals surface area contributed by atoms with Crippen LogP contribution in [0.3, 0.4) is 0 Å². The number of carboxylic acid groups (broad SMARTS) is 1. The Bertz CT molecular complexity index is 1590. The molecule has 4 aromatic rings. The lowest BCUT2D eigenvalue weighted by molar-refractivity contribution is -0.141. The average Bonchev–Trinajstić information content (AvgIpc) is 3.71. The minimum atomic E-state index is -1.37. The van der Waals surface area contributed by atoms with Crippen LogP contribution in [0.5, 0.6) is 5.75 Å². The van der Waals surface area contributed by atoms with E-state index in [1.165, 1.54) is 42.6 Å². The van der Waals surface area contributed by atoms with E-state index in [9.17, 15) is 14.7 Å². The number of hydrogen-bond acceptors (Lipinski definition) is 6. The van der Waals surface area contributed by atoms with Crippen LogP contribution in [0.2, 0.25) is 0 Å². The molecule has 0 saturated carbocycles. The monoisotopic (exact) mass is 606 g/mol. The number of hydrogen-bond donors (Lipinski definition) is 1. The molecule has 0 bridgehead atoms. The molecule has 44 heavy (non-hydrogen) atoms. The molecule has 1 aliphatic heterocycles. The highest BCUT2D eigenvalue weighted by molar-refractivity contribution is 7.10. The van der Waals surface area contributed by atoms with Gasteiger partial charge in [0.1, 0.15) is 23.8 Å². The first-order valence-electron chi connectivity index (χ1n) is 15.2. The summed E-state index contributed by atoms with van der Waals surface area (Å²) in [7, 11) is 0. The van der Waals surface area contributed by atoms with Gasteiger partial charge in [0.2, 0.25) is 0 Å². The number of aliphatic carboxylic acids is 1. The molecule has 1 aromatic heterocycles. The quantitative estimate of drug-likeness (QED) is 0.108. The molecule has 2 heterocycles. The number of nitrogens with zero attached hydrogens (tertiary/aromatic N) is 2. The maximum atomic E-state index is 13.3. The van der Waals surface area contributed by atoms with Crippen molar-refractivity contribution in [3.8, 4) is 17.0 Å². The van der Waals surface area contributed by atoms with Crippen molar-refractivity contribution in [2.24, 2.45) is 10.9 Å². The summed E-state index contributed by atoms with van der Waals surface area (Å²) in [4.78, 5) is 35.1. The summed E-state index contributed by atoms with van der Waals surface area (Å²) < 4.78 is 6.06. The maximum Gasteiger partial charge on any atom is 0.317 e. The molecule has 0 fully saturated rings. The van der Waals surface area contributed by atoms with Gasteiger partial charge in [-0.2, -0.15) is 0 Å². The molecule has 2 unspecified atom stereocenters. The largest absolute Gasteiger partial charge is 0.489 e. The predicted octanol–water partition coefficient (Wildman–Crippen LogP) is 8.58. The van der Waals surface area contributed by atoms with Gasteiger partial charge in [0.15, 0.2) is 5.78 Å². The van der Waals surface area contributed by atoms with Crippen molar-refractivity contribution >= 4 is 29.3 Å². The Hall–Kier alpha value is -4.36. The number of aliphatic imine (C=N–C) groups is 1. The first-order valence-corrected chi connectivity index (χ1v) is 16.1. The Morgan fingerprint density at radius 2 is 1.64 bits per heavy atom. The fraction of sp³-hybridized carbons (Fsp3) is 0.297.